The fraction of sp³-hybridized carbons (Fsp3) is 0.368. The Kier molecular flexibility index (Phi) is 4.07. The molecule has 1 aliphatic rings. The summed E-state index contributed by atoms with van der Waals surface area (Å²) in [5.74, 6) is -0.166. The second kappa shape index (κ2) is 5.98. The van der Waals surface area contributed by atoms with Gasteiger partial charge in [0, 0.05) is 6.04 Å². The Morgan fingerprint density at radius 1 is 1.19 bits per heavy atom. The molecule has 1 N–H and O–H groups in total. The van der Waals surface area contributed by atoms with Crippen molar-refractivity contribution in [3.05, 3.63) is 58.9 Å². The molecule has 0 amide bonds. The second-order valence-electron chi connectivity index (χ2n) is 5.92. The Balaban J connectivity index is 1.90. The van der Waals surface area contributed by atoms with Gasteiger partial charge in [-0.15, -0.1) is 0 Å². The van der Waals surface area contributed by atoms with Crippen molar-refractivity contribution in [1.82, 2.24) is 5.32 Å². The van der Waals surface area contributed by atoms with Gasteiger partial charge >= 0.3 is 0 Å². The van der Waals surface area contributed by atoms with E-state index in [0.29, 0.717) is 6.04 Å². The lowest BCUT2D eigenvalue weighted by Gasteiger charge is -2.14. The standard InChI is InChI=1S/C19H22FN/c1-3-10-21-19-9-5-15-12-14(4-7-18(15)19)17-8-6-16(20)11-13(17)2/h4,6-8,11-12,19,21H,3,5,9-10H2,1-2H3. The van der Waals surface area contributed by atoms with Crippen LogP contribution >= 0.6 is 0 Å². The smallest absolute Gasteiger partial charge is 0.123 e. The molecular formula is C19H22FN. The monoisotopic (exact) mass is 283 g/mol. The lowest BCUT2D eigenvalue weighted by molar-refractivity contribution is 0.529. The van der Waals surface area contributed by atoms with Crippen molar-refractivity contribution in [1.29, 1.82) is 0 Å². The van der Waals surface area contributed by atoms with Gasteiger partial charge in [0.25, 0.3) is 0 Å². The number of nitrogens with one attached hydrogen (secondary N) is 1. The molecule has 2 aromatic carbocycles. The highest BCUT2D eigenvalue weighted by atomic mass is 19.1. The molecule has 0 saturated carbocycles. The van der Waals surface area contributed by atoms with Crippen LogP contribution in [0.3, 0.4) is 0 Å². The van der Waals surface area contributed by atoms with Crippen LogP contribution in [0.25, 0.3) is 11.1 Å². The zero-order chi connectivity index (χ0) is 14.8. The minimum atomic E-state index is -0.166. The molecule has 2 aromatic rings. The summed E-state index contributed by atoms with van der Waals surface area (Å²) in [6, 6.07) is 12.2. The van der Waals surface area contributed by atoms with Crippen LogP contribution in [-0.4, -0.2) is 6.54 Å². The first kappa shape index (κ1) is 14.3. The quantitative estimate of drug-likeness (QED) is 0.851. The maximum atomic E-state index is 13.2. The Bertz CT molecular complexity index is 648. The molecule has 1 atom stereocenters. The van der Waals surface area contributed by atoms with Crippen LogP contribution in [-0.2, 0) is 6.42 Å². The van der Waals surface area contributed by atoms with E-state index >= 15 is 0 Å². The summed E-state index contributed by atoms with van der Waals surface area (Å²) in [7, 11) is 0. The van der Waals surface area contributed by atoms with Gasteiger partial charge in [0.2, 0.25) is 0 Å². The zero-order valence-electron chi connectivity index (χ0n) is 12.7. The van der Waals surface area contributed by atoms with Gasteiger partial charge in [0.05, 0.1) is 0 Å². The van der Waals surface area contributed by atoms with E-state index in [1.807, 2.05) is 13.0 Å². The van der Waals surface area contributed by atoms with Gasteiger partial charge in [-0.2, -0.15) is 0 Å². The molecule has 2 heteroatoms. The number of halogens is 1. The van der Waals surface area contributed by atoms with Crippen molar-refractivity contribution in [2.75, 3.05) is 6.54 Å². The summed E-state index contributed by atoms with van der Waals surface area (Å²) in [4.78, 5) is 0. The van der Waals surface area contributed by atoms with E-state index in [1.54, 1.807) is 12.1 Å². The highest BCUT2D eigenvalue weighted by Crippen LogP contribution is 2.35. The normalized spacial score (nSPS) is 17.0. The first-order chi connectivity index (χ1) is 10.2. The molecule has 0 heterocycles. The largest absolute Gasteiger partial charge is 0.310 e. The number of aryl methyl sites for hydroxylation is 2. The Morgan fingerprint density at radius 3 is 2.81 bits per heavy atom. The summed E-state index contributed by atoms with van der Waals surface area (Å²) < 4.78 is 13.2. The van der Waals surface area contributed by atoms with Gasteiger partial charge in [-0.3, -0.25) is 0 Å². The summed E-state index contributed by atoms with van der Waals surface area (Å²) in [6.07, 6.45) is 3.48. The molecule has 110 valence electrons. The minimum absolute atomic E-state index is 0.166. The number of benzene rings is 2. The van der Waals surface area contributed by atoms with Crippen LogP contribution in [0.4, 0.5) is 4.39 Å². The molecule has 21 heavy (non-hydrogen) atoms. The van der Waals surface area contributed by atoms with Crippen molar-refractivity contribution in [2.45, 2.75) is 39.2 Å². The fourth-order valence-electron chi connectivity index (χ4n) is 3.27. The van der Waals surface area contributed by atoms with Crippen LogP contribution in [0.1, 0.15) is 42.5 Å². The van der Waals surface area contributed by atoms with Crippen LogP contribution < -0.4 is 5.32 Å². The van der Waals surface area contributed by atoms with Gasteiger partial charge in [0.15, 0.2) is 0 Å². The topological polar surface area (TPSA) is 12.0 Å². The van der Waals surface area contributed by atoms with Crippen molar-refractivity contribution in [3.63, 3.8) is 0 Å². The third kappa shape index (κ3) is 2.86. The van der Waals surface area contributed by atoms with Crippen LogP contribution in [0.2, 0.25) is 0 Å². The SMILES string of the molecule is CCCNC1CCc2cc(-c3ccc(F)cc3C)ccc21. The third-order valence-corrected chi connectivity index (χ3v) is 4.36. The van der Waals surface area contributed by atoms with Crippen molar-refractivity contribution < 1.29 is 4.39 Å². The maximum absolute atomic E-state index is 13.2. The summed E-state index contributed by atoms with van der Waals surface area (Å²) in [6.45, 7) is 5.24. The van der Waals surface area contributed by atoms with E-state index < -0.39 is 0 Å². The maximum Gasteiger partial charge on any atom is 0.123 e. The Morgan fingerprint density at radius 2 is 2.05 bits per heavy atom. The molecule has 1 nitrogen and oxygen atoms in total. The van der Waals surface area contributed by atoms with E-state index in [1.165, 1.54) is 29.5 Å². The van der Waals surface area contributed by atoms with Gasteiger partial charge in [-0.25, -0.2) is 4.39 Å². The fourth-order valence-corrected chi connectivity index (χ4v) is 3.27. The number of fused-ring (bicyclic) bond motifs is 1. The second-order valence-corrected chi connectivity index (χ2v) is 5.92. The molecule has 0 aromatic heterocycles. The predicted molar refractivity (Wildman–Crippen MR) is 85.9 cm³/mol. The van der Waals surface area contributed by atoms with Gasteiger partial charge in [-0.1, -0.05) is 31.2 Å². The molecule has 0 saturated heterocycles. The number of hydrogen-bond acceptors (Lipinski definition) is 1. The van der Waals surface area contributed by atoms with E-state index in [0.717, 1.165) is 24.1 Å². The predicted octanol–water partition coefficient (Wildman–Crippen LogP) is 4.79. The minimum Gasteiger partial charge on any atom is -0.310 e. The average Bonchev–Trinajstić information content (AvgIpc) is 2.87. The highest BCUT2D eigenvalue weighted by molar-refractivity contribution is 5.68. The van der Waals surface area contributed by atoms with E-state index in [2.05, 4.69) is 30.4 Å². The lowest BCUT2D eigenvalue weighted by Crippen LogP contribution is -2.19. The molecule has 0 radical (unpaired) electrons. The van der Waals surface area contributed by atoms with Gasteiger partial charge in [-0.05, 0) is 72.7 Å². The lowest BCUT2D eigenvalue weighted by atomic mass is 9.96. The first-order valence-corrected chi connectivity index (χ1v) is 7.81. The summed E-state index contributed by atoms with van der Waals surface area (Å²) >= 11 is 0. The van der Waals surface area contributed by atoms with Crippen molar-refractivity contribution >= 4 is 0 Å². The first-order valence-electron chi connectivity index (χ1n) is 7.81. The highest BCUT2D eigenvalue weighted by Gasteiger charge is 2.22. The average molecular weight is 283 g/mol. The molecule has 0 spiro atoms. The molecular weight excluding hydrogens is 261 g/mol. The summed E-state index contributed by atoms with van der Waals surface area (Å²) in [5, 5.41) is 3.62. The van der Waals surface area contributed by atoms with E-state index in [4.69, 9.17) is 0 Å². The number of rotatable bonds is 4. The van der Waals surface area contributed by atoms with E-state index in [9.17, 15) is 4.39 Å². The third-order valence-electron chi connectivity index (χ3n) is 4.36. The van der Waals surface area contributed by atoms with Crippen molar-refractivity contribution in [3.8, 4) is 11.1 Å². The molecule has 1 unspecified atom stereocenters. The van der Waals surface area contributed by atoms with E-state index in [-0.39, 0.29) is 5.82 Å². The molecule has 3 rings (SSSR count). The molecule has 1 aliphatic carbocycles. The Hall–Kier alpha value is -1.67. The molecule has 0 aliphatic heterocycles. The zero-order valence-corrected chi connectivity index (χ0v) is 12.7. The molecule has 0 bridgehead atoms. The van der Waals surface area contributed by atoms with Gasteiger partial charge in [0.1, 0.15) is 5.82 Å². The van der Waals surface area contributed by atoms with Crippen molar-refractivity contribution in [2.24, 2.45) is 0 Å². The van der Waals surface area contributed by atoms with Gasteiger partial charge < -0.3 is 5.32 Å². The Labute approximate surface area is 126 Å². The molecule has 0 fully saturated rings. The van der Waals surface area contributed by atoms with Crippen LogP contribution in [0.5, 0.6) is 0 Å². The number of hydrogen-bond donors (Lipinski definition) is 1. The van der Waals surface area contributed by atoms with Crippen LogP contribution in [0, 0.1) is 12.7 Å². The summed E-state index contributed by atoms with van der Waals surface area (Å²) in [5.41, 5.74) is 6.19. The van der Waals surface area contributed by atoms with Crippen LogP contribution in [0.15, 0.2) is 36.4 Å².